The Morgan fingerprint density at radius 2 is 1.74 bits per heavy atom. The summed E-state index contributed by atoms with van der Waals surface area (Å²) in [6.45, 7) is 11.2. The molecule has 0 saturated heterocycles. The molecular weight excluding hydrogens is 498 g/mol. The number of hydrogen-bond acceptors (Lipinski definition) is 6. The number of pyridine rings is 1. The van der Waals surface area contributed by atoms with Crippen molar-refractivity contribution in [1.29, 1.82) is 0 Å². The average molecular weight is 536 g/mol. The quantitative estimate of drug-likeness (QED) is 0.269. The first kappa shape index (κ1) is 29.4. The fourth-order valence-electron chi connectivity index (χ4n) is 4.88. The van der Waals surface area contributed by atoms with E-state index in [0.29, 0.717) is 41.2 Å². The van der Waals surface area contributed by atoms with E-state index in [1.54, 1.807) is 32.9 Å². The topological polar surface area (TPSA) is 127 Å². The monoisotopic (exact) mass is 535 g/mol. The van der Waals surface area contributed by atoms with Crippen LogP contribution in [0.1, 0.15) is 68.1 Å². The number of nitrogens with zero attached hydrogens (tertiary/aromatic N) is 1. The lowest BCUT2D eigenvalue weighted by atomic mass is 9.78. The molecule has 1 heterocycles. The van der Waals surface area contributed by atoms with Crippen LogP contribution in [0.3, 0.4) is 0 Å². The average Bonchev–Trinajstić information content (AvgIpc) is 2.89. The molecule has 3 atom stereocenters. The third-order valence-corrected chi connectivity index (χ3v) is 6.99. The number of carboxylic acids is 1. The number of alkyl carbamates (subject to hydrolysis) is 1. The molecular formula is C30H37N3O6. The number of allylic oxidation sites excluding steroid dienone is 1. The van der Waals surface area contributed by atoms with Crippen LogP contribution in [-0.2, 0) is 19.1 Å². The highest BCUT2D eigenvalue weighted by Crippen LogP contribution is 2.32. The second-order valence-corrected chi connectivity index (χ2v) is 9.87. The molecule has 0 radical (unpaired) electrons. The molecule has 0 bridgehead atoms. The Morgan fingerprint density at radius 3 is 2.33 bits per heavy atom. The number of anilines is 1. The molecule has 1 aromatic heterocycles. The number of amides is 2. The molecule has 3 N–H and O–H groups in total. The van der Waals surface area contributed by atoms with Gasteiger partial charge in [-0.15, -0.1) is 0 Å². The van der Waals surface area contributed by atoms with E-state index in [1.165, 1.54) is 7.11 Å². The SMILES string of the molecule is C=C(C)/C(NC(=O)O[C@H](C)c1ccccc1C)=C(\OC)c1ccc(NC(=O)C2CCCCC2C(=O)O)c(C)n1. The number of carbonyl (C=O) groups is 3. The van der Waals surface area contributed by atoms with Gasteiger partial charge in [-0.2, -0.15) is 0 Å². The minimum absolute atomic E-state index is 0.280. The van der Waals surface area contributed by atoms with Crippen molar-refractivity contribution in [2.24, 2.45) is 11.8 Å². The summed E-state index contributed by atoms with van der Waals surface area (Å²) in [6, 6.07) is 11.0. The van der Waals surface area contributed by atoms with Crippen molar-refractivity contribution in [2.45, 2.75) is 59.5 Å². The molecule has 2 aromatic rings. The van der Waals surface area contributed by atoms with E-state index in [0.717, 1.165) is 24.0 Å². The number of aliphatic carboxylic acids is 1. The minimum atomic E-state index is -0.943. The highest BCUT2D eigenvalue weighted by molar-refractivity contribution is 5.95. The molecule has 1 aliphatic rings. The lowest BCUT2D eigenvalue weighted by Gasteiger charge is -2.27. The van der Waals surface area contributed by atoms with E-state index in [1.807, 2.05) is 31.2 Å². The lowest BCUT2D eigenvalue weighted by molar-refractivity contribution is -0.147. The molecule has 1 aromatic carbocycles. The van der Waals surface area contributed by atoms with Crippen molar-refractivity contribution < 1.29 is 29.0 Å². The Labute approximate surface area is 229 Å². The maximum atomic E-state index is 12.9. The second kappa shape index (κ2) is 13.1. The number of hydrogen-bond donors (Lipinski definition) is 3. The van der Waals surface area contributed by atoms with Crippen LogP contribution in [0.25, 0.3) is 5.76 Å². The number of carboxylic acid groups (broad SMARTS) is 1. The zero-order valence-electron chi connectivity index (χ0n) is 23.2. The molecule has 2 amide bonds. The van der Waals surface area contributed by atoms with Gasteiger partial charge in [0.1, 0.15) is 11.8 Å². The molecule has 9 nitrogen and oxygen atoms in total. The minimum Gasteiger partial charge on any atom is -0.492 e. The lowest BCUT2D eigenvalue weighted by Crippen LogP contribution is -2.36. The van der Waals surface area contributed by atoms with Gasteiger partial charge in [-0.25, -0.2) is 9.78 Å². The van der Waals surface area contributed by atoms with Gasteiger partial charge in [-0.1, -0.05) is 43.7 Å². The van der Waals surface area contributed by atoms with Gasteiger partial charge in [0.15, 0.2) is 5.76 Å². The van der Waals surface area contributed by atoms with Crippen molar-refractivity contribution in [3.8, 4) is 0 Å². The van der Waals surface area contributed by atoms with Crippen molar-refractivity contribution >= 4 is 29.4 Å². The molecule has 208 valence electrons. The highest BCUT2D eigenvalue weighted by atomic mass is 16.6. The van der Waals surface area contributed by atoms with Crippen LogP contribution in [0.2, 0.25) is 0 Å². The van der Waals surface area contributed by atoms with Crippen LogP contribution < -0.4 is 10.6 Å². The number of ether oxygens (including phenoxy) is 2. The maximum absolute atomic E-state index is 12.9. The number of rotatable bonds is 9. The summed E-state index contributed by atoms with van der Waals surface area (Å²) in [5, 5.41) is 15.1. The fourth-order valence-corrected chi connectivity index (χ4v) is 4.88. The standard InChI is InChI=1S/C30H37N3O6/c1-17(2)26(33-30(37)39-20(5)21-12-8-7-11-18(21)3)27(38-6)25-16-15-24(19(4)31-25)32-28(34)22-13-9-10-14-23(22)29(35)36/h7-8,11-12,15-16,20,22-23H,1,9-10,13-14H2,2-6H3,(H,32,34)(H,33,37)(H,35,36)/b27-26+/t20-,22?,23?/m1/s1. The van der Waals surface area contributed by atoms with Crippen molar-refractivity contribution in [2.75, 3.05) is 12.4 Å². The first-order valence-electron chi connectivity index (χ1n) is 13.0. The van der Waals surface area contributed by atoms with E-state index in [9.17, 15) is 19.5 Å². The Morgan fingerprint density at radius 1 is 1.08 bits per heavy atom. The molecule has 0 spiro atoms. The van der Waals surface area contributed by atoms with Crippen molar-refractivity contribution in [3.05, 3.63) is 76.8 Å². The number of aromatic nitrogens is 1. The van der Waals surface area contributed by atoms with E-state index in [4.69, 9.17) is 9.47 Å². The molecule has 0 aliphatic heterocycles. The summed E-state index contributed by atoms with van der Waals surface area (Å²) < 4.78 is 11.2. The third-order valence-electron chi connectivity index (χ3n) is 6.99. The molecule has 1 saturated carbocycles. The van der Waals surface area contributed by atoms with Gasteiger partial charge in [0.2, 0.25) is 5.91 Å². The van der Waals surface area contributed by atoms with Gasteiger partial charge in [0, 0.05) is 0 Å². The number of nitrogens with one attached hydrogen (secondary N) is 2. The van der Waals surface area contributed by atoms with Gasteiger partial charge in [-0.05, 0) is 69.4 Å². The smallest absolute Gasteiger partial charge is 0.412 e. The Bertz CT molecular complexity index is 1290. The summed E-state index contributed by atoms with van der Waals surface area (Å²) in [4.78, 5) is 41.9. The maximum Gasteiger partial charge on any atom is 0.412 e. The van der Waals surface area contributed by atoms with E-state index >= 15 is 0 Å². The highest BCUT2D eigenvalue weighted by Gasteiger charge is 2.36. The van der Waals surface area contributed by atoms with Crippen LogP contribution in [0.4, 0.5) is 10.5 Å². The van der Waals surface area contributed by atoms with E-state index < -0.39 is 30.0 Å². The van der Waals surface area contributed by atoms with Crippen molar-refractivity contribution in [1.82, 2.24) is 10.3 Å². The Balaban J connectivity index is 1.80. The van der Waals surface area contributed by atoms with Crippen LogP contribution >= 0.6 is 0 Å². The molecule has 1 fully saturated rings. The van der Waals surface area contributed by atoms with Gasteiger partial charge in [0.05, 0.1) is 36.0 Å². The predicted octanol–water partition coefficient (Wildman–Crippen LogP) is 5.91. The fraction of sp³-hybridized carbons (Fsp3) is 0.400. The largest absolute Gasteiger partial charge is 0.492 e. The second-order valence-electron chi connectivity index (χ2n) is 9.87. The molecule has 1 aliphatic carbocycles. The van der Waals surface area contributed by atoms with Gasteiger partial charge >= 0.3 is 12.1 Å². The Kier molecular flexibility index (Phi) is 9.87. The zero-order valence-corrected chi connectivity index (χ0v) is 23.2. The summed E-state index contributed by atoms with van der Waals surface area (Å²) in [7, 11) is 1.46. The Hall–Kier alpha value is -4.14. The number of methoxy groups -OCH3 is 1. The van der Waals surface area contributed by atoms with Crippen LogP contribution in [-0.4, -0.2) is 35.2 Å². The molecule has 39 heavy (non-hydrogen) atoms. The summed E-state index contributed by atoms with van der Waals surface area (Å²) in [5.74, 6) is -2.26. The first-order chi connectivity index (χ1) is 18.5. The van der Waals surface area contributed by atoms with Gasteiger partial charge in [0.25, 0.3) is 0 Å². The van der Waals surface area contributed by atoms with Crippen LogP contribution in [0.5, 0.6) is 0 Å². The summed E-state index contributed by atoms with van der Waals surface area (Å²) >= 11 is 0. The number of benzene rings is 1. The third kappa shape index (κ3) is 7.25. The first-order valence-corrected chi connectivity index (χ1v) is 13.0. The van der Waals surface area contributed by atoms with Crippen LogP contribution in [0, 0.1) is 25.7 Å². The summed E-state index contributed by atoms with van der Waals surface area (Å²) in [5.41, 5.74) is 4.16. The predicted molar refractivity (Wildman–Crippen MR) is 149 cm³/mol. The molecule has 9 heteroatoms. The van der Waals surface area contributed by atoms with Crippen molar-refractivity contribution in [3.63, 3.8) is 0 Å². The normalized spacial score (nSPS) is 18.3. The summed E-state index contributed by atoms with van der Waals surface area (Å²) in [6.07, 6.45) is 1.52. The number of carbonyl (C=O) groups excluding carboxylic acids is 2. The van der Waals surface area contributed by atoms with E-state index in [-0.39, 0.29) is 11.7 Å². The van der Waals surface area contributed by atoms with Gasteiger partial charge in [-0.3, -0.25) is 14.9 Å². The molecule has 2 unspecified atom stereocenters. The number of aryl methyl sites for hydroxylation is 2. The molecule has 3 rings (SSSR count). The van der Waals surface area contributed by atoms with Crippen LogP contribution in [0.15, 0.2) is 54.2 Å². The van der Waals surface area contributed by atoms with Gasteiger partial charge < -0.3 is 19.9 Å². The zero-order chi connectivity index (χ0) is 28.7. The van der Waals surface area contributed by atoms with E-state index in [2.05, 4.69) is 22.2 Å².